The van der Waals surface area contributed by atoms with Gasteiger partial charge >= 0.3 is 0 Å². The Morgan fingerprint density at radius 3 is 2.11 bits per heavy atom. The summed E-state index contributed by atoms with van der Waals surface area (Å²) in [5.41, 5.74) is 13.5. The van der Waals surface area contributed by atoms with Crippen LogP contribution in [0.3, 0.4) is 0 Å². The van der Waals surface area contributed by atoms with E-state index in [1.165, 1.54) is 27.8 Å². The van der Waals surface area contributed by atoms with E-state index in [0.29, 0.717) is 40.2 Å². The van der Waals surface area contributed by atoms with Crippen LogP contribution < -0.4 is 41.6 Å². The molecule has 57 heavy (non-hydrogen) atoms. The fraction of sp³-hybridized carbons (Fsp3) is 0.575. The van der Waals surface area contributed by atoms with Crippen molar-refractivity contribution in [2.75, 3.05) is 45.6 Å². The second-order valence-corrected chi connectivity index (χ2v) is 16.3. The number of sulfonamides is 1. The van der Waals surface area contributed by atoms with Crippen LogP contribution in [0.1, 0.15) is 89.8 Å². The Bertz CT molecular complexity index is 1810. The first-order valence-corrected chi connectivity index (χ1v) is 21.3. The van der Waals surface area contributed by atoms with E-state index in [1.807, 2.05) is 0 Å². The third-order valence-electron chi connectivity index (χ3n) is 9.69. The van der Waals surface area contributed by atoms with Crippen molar-refractivity contribution in [1.82, 2.24) is 25.6 Å². The van der Waals surface area contributed by atoms with Crippen molar-refractivity contribution in [1.29, 1.82) is 0 Å². The normalized spacial score (nSPS) is 17.7. The molecule has 0 saturated carbocycles. The molecule has 0 spiro atoms. The third-order valence-corrected chi connectivity index (χ3v) is 11.1. The van der Waals surface area contributed by atoms with Gasteiger partial charge in [0.05, 0.1) is 18.3 Å². The highest BCUT2D eigenvalue weighted by Gasteiger charge is 2.34. The third kappa shape index (κ3) is 14.4. The number of hydrogen-bond donors (Lipinski definition) is 6. The van der Waals surface area contributed by atoms with Gasteiger partial charge in [0, 0.05) is 37.7 Å². The standard InChI is InChI=1S/C40H61N7O9S/c1-6-7-8-9-10-11-12-21-57(53,54)43-25-36(49)47(5)37-30-14-16-35(56-20-18-42)32(24-30)31-22-29(13-15-34(31)55-19-17-41)23-33(39(51)44-26(2)28(4)48)46-38(50)27(3)45-40(37)52/h13-16,22,24,26-27,33,37,43H,6-12,17-21,23,25,41-42H2,1-5H3,(H,44,51)(H,45,52)(H,46,50)/t26-,27-,33-,37-/m0/s1. The average molecular weight is 816 g/mol. The summed E-state index contributed by atoms with van der Waals surface area (Å²) in [6.45, 7) is 6.53. The Kier molecular flexibility index (Phi) is 18.9. The van der Waals surface area contributed by atoms with Gasteiger partial charge in [-0.25, -0.2) is 13.1 Å². The van der Waals surface area contributed by atoms with Crippen molar-refractivity contribution < 1.29 is 41.9 Å². The number of hydrogen-bond acceptors (Lipinski definition) is 11. The van der Waals surface area contributed by atoms with E-state index in [0.717, 1.165) is 43.4 Å². The van der Waals surface area contributed by atoms with Crippen LogP contribution in [0, 0.1) is 0 Å². The Labute approximate surface area is 336 Å². The molecule has 316 valence electrons. The van der Waals surface area contributed by atoms with Crippen molar-refractivity contribution in [3.8, 4) is 22.6 Å². The summed E-state index contributed by atoms with van der Waals surface area (Å²) in [6.07, 6.45) is 6.56. The molecule has 4 amide bonds. The van der Waals surface area contributed by atoms with Crippen LogP contribution in [0.2, 0.25) is 0 Å². The minimum Gasteiger partial charge on any atom is -0.492 e. The molecule has 4 atom stereocenters. The minimum absolute atomic E-state index is 0.000442. The van der Waals surface area contributed by atoms with Crippen LogP contribution in [0.15, 0.2) is 36.4 Å². The number of Topliss-reactive ketones (excluding diaryl/α,β-unsaturated/α-hetero) is 1. The lowest BCUT2D eigenvalue weighted by Crippen LogP contribution is -2.56. The van der Waals surface area contributed by atoms with Gasteiger partial charge in [0.1, 0.15) is 42.8 Å². The van der Waals surface area contributed by atoms with Crippen molar-refractivity contribution in [2.45, 2.75) is 103 Å². The smallest absolute Gasteiger partial charge is 0.248 e. The van der Waals surface area contributed by atoms with Crippen molar-refractivity contribution in [3.05, 3.63) is 47.5 Å². The molecule has 0 unspecified atom stereocenters. The molecule has 3 rings (SSSR count). The van der Waals surface area contributed by atoms with Crippen LogP contribution >= 0.6 is 0 Å². The van der Waals surface area contributed by atoms with Crippen molar-refractivity contribution >= 4 is 39.4 Å². The SMILES string of the molecule is CCCCCCCCCS(=O)(=O)NCC(=O)N(C)[C@@H]1C(=O)N[C@@H](C)C(=O)N[C@H](C(=O)N[C@@H](C)C(C)=O)Cc2ccc(OCCN)c(c2)-c2cc1ccc2OCCN. The number of carbonyl (C=O) groups is 5. The Morgan fingerprint density at radius 1 is 0.895 bits per heavy atom. The van der Waals surface area contributed by atoms with Crippen molar-refractivity contribution in [3.63, 3.8) is 0 Å². The van der Waals surface area contributed by atoms with Gasteiger partial charge in [-0.1, -0.05) is 57.6 Å². The number of likely N-dealkylation sites (N-methyl/N-ethyl adjacent to an activating group) is 1. The van der Waals surface area contributed by atoms with E-state index < -0.39 is 64.4 Å². The summed E-state index contributed by atoms with van der Waals surface area (Å²) >= 11 is 0. The van der Waals surface area contributed by atoms with E-state index in [1.54, 1.807) is 36.4 Å². The Balaban J connectivity index is 2.08. The lowest BCUT2D eigenvalue weighted by Gasteiger charge is -2.30. The molecule has 4 bridgehead atoms. The predicted molar refractivity (Wildman–Crippen MR) is 218 cm³/mol. The summed E-state index contributed by atoms with van der Waals surface area (Å²) in [5.74, 6) is -2.41. The van der Waals surface area contributed by atoms with E-state index in [-0.39, 0.29) is 44.3 Å². The van der Waals surface area contributed by atoms with E-state index in [2.05, 4.69) is 27.6 Å². The highest BCUT2D eigenvalue weighted by molar-refractivity contribution is 7.89. The number of nitrogens with two attached hydrogens (primary N) is 2. The number of fused-ring (bicyclic) bond motifs is 5. The molecular weight excluding hydrogens is 755 g/mol. The second-order valence-electron chi connectivity index (χ2n) is 14.4. The molecule has 17 heteroatoms. The number of ketones is 1. The molecular formula is C40H61N7O9S. The largest absolute Gasteiger partial charge is 0.492 e. The summed E-state index contributed by atoms with van der Waals surface area (Å²) < 4.78 is 40.2. The molecule has 2 aromatic carbocycles. The van der Waals surface area contributed by atoms with Gasteiger partial charge in [-0.2, -0.15) is 0 Å². The lowest BCUT2D eigenvalue weighted by molar-refractivity contribution is -0.139. The zero-order valence-electron chi connectivity index (χ0n) is 33.9. The predicted octanol–water partition coefficient (Wildman–Crippen LogP) is 1.84. The number of nitrogens with zero attached hydrogens (tertiary/aromatic N) is 1. The van der Waals surface area contributed by atoms with E-state index in [4.69, 9.17) is 20.9 Å². The molecule has 0 radical (unpaired) electrons. The molecule has 1 aliphatic rings. The summed E-state index contributed by atoms with van der Waals surface area (Å²) in [4.78, 5) is 68.2. The molecule has 0 saturated heterocycles. The first-order chi connectivity index (χ1) is 27.1. The summed E-state index contributed by atoms with van der Waals surface area (Å²) in [7, 11) is -2.42. The van der Waals surface area contributed by atoms with Crippen LogP contribution in [0.25, 0.3) is 11.1 Å². The fourth-order valence-corrected chi connectivity index (χ4v) is 7.33. The number of benzene rings is 2. The molecule has 8 N–H and O–H groups in total. The van der Waals surface area contributed by atoms with E-state index >= 15 is 0 Å². The maximum Gasteiger partial charge on any atom is 0.248 e. The number of unbranched alkanes of at least 4 members (excludes halogenated alkanes) is 6. The number of amides is 4. The molecule has 0 fully saturated rings. The van der Waals surface area contributed by atoms with Crippen molar-refractivity contribution in [2.24, 2.45) is 11.5 Å². The first-order valence-electron chi connectivity index (χ1n) is 19.7. The van der Waals surface area contributed by atoms with E-state index in [9.17, 15) is 32.4 Å². The summed E-state index contributed by atoms with van der Waals surface area (Å²) in [6, 6.07) is 5.54. The number of carbonyl (C=O) groups excluding carboxylic acids is 5. The van der Waals surface area contributed by atoms with Crippen LogP contribution in [0.4, 0.5) is 0 Å². The van der Waals surface area contributed by atoms with Gasteiger partial charge in [0.25, 0.3) is 0 Å². The zero-order chi connectivity index (χ0) is 42.1. The molecule has 0 aromatic heterocycles. The number of ether oxygens (including phenoxy) is 2. The van der Waals surface area contributed by atoms with Gasteiger partial charge in [0.2, 0.25) is 33.7 Å². The highest BCUT2D eigenvalue weighted by atomic mass is 32.2. The number of rotatable bonds is 21. The minimum atomic E-state index is -3.80. The summed E-state index contributed by atoms with van der Waals surface area (Å²) in [5, 5.41) is 8.01. The topological polar surface area (TPSA) is 241 Å². The molecule has 1 heterocycles. The monoisotopic (exact) mass is 815 g/mol. The van der Waals surface area contributed by atoms with Crippen LogP contribution in [-0.4, -0.2) is 107 Å². The first kappa shape index (κ1) is 46.8. The highest BCUT2D eigenvalue weighted by Crippen LogP contribution is 2.40. The average Bonchev–Trinajstić information content (AvgIpc) is 3.17. The van der Waals surface area contributed by atoms with Gasteiger partial charge in [-0.3, -0.25) is 24.0 Å². The lowest BCUT2D eigenvalue weighted by atomic mass is 9.93. The van der Waals surface area contributed by atoms with Gasteiger partial charge < -0.3 is 41.8 Å². The molecule has 1 aliphatic heterocycles. The quantitative estimate of drug-likeness (QED) is 0.0994. The van der Waals surface area contributed by atoms with Gasteiger partial charge in [0.15, 0.2) is 5.78 Å². The maximum absolute atomic E-state index is 14.2. The fourth-order valence-electron chi connectivity index (χ4n) is 6.26. The maximum atomic E-state index is 14.2. The zero-order valence-corrected chi connectivity index (χ0v) is 34.7. The van der Waals surface area contributed by atoms with Gasteiger partial charge in [-0.05, 0) is 62.6 Å². The molecule has 2 aromatic rings. The number of nitrogens with one attached hydrogen (secondary N) is 4. The molecule has 0 aliphatic carbocycles. The van der Waals surface area contributed by atoms with Crippen LogP contribution in [0.5, 0.6) is 11.5 Å². The second kappa shape index (κ2) is 23.0. The Morgan fingerprint density at radius 2 is 1.49 bits per heavy atom. The van der Waals surface area contributed by atoms with Gasteiger partial charge in [-0.15, -0.1) is 0 Å². The van der Waals surface area contributed by atoms with Crippen LogP contribution in [-0.2, 0) is 40.4 Å². The molecule has 16 nitrogen and oxygen atoms in total. The Hall–Kier alpha value is -4.58.